The highest BCUT2D eigenvalue weighted by molar-refractivity contribution is 7.91. The highest BCUT2D eigenvalue weighted by Crippen LogP contribution is 2.31. The van der Waals surface area contributed by atoms with Gasteiger partial charge >= 0.3 is 0 Å². The number of hydrogen-bond acceptors (Lipinski definition) is 3. The van der Waals surface area contributed by atoms with Gasteiger partial charge < -0.3 is 0 Å². The summed E-state index contributed by atoms with van der Waals surface area (Å²) in [4.78, 5) is 1.02. The van der Waals surface area contributed by atoms with Gasteiger partial charge in [-0.3, -0.25) is 0 Å². The maximum absolute atomic E-state index is 12.5. The van der Waals surface area contributed by atoms with E-state index in [1.807, 2.05) is 37.3 Å². The first-order chi connectivity index (χ1) is 8.57. The average molecular weight is 279 g/mol. The molecule has 2 aromatic rings. The Balaban J connectivity index is 1.95. The van der Waals surface area contributed by atoms with Crippen LogP contribution >= 0.6 is 11.3 Å². The zero-order valence-corrected chi connectivity index (χ0v) is 11.6. The van der Waals surface area contributed by atoms with Crippen molar-refractivity contribution < 1.29 is 8.42 Å². The summed E-state index contributed by atoms with van der Waals surface area (Å²) in [5, 5.41) is 0. The Labute approximate surface area is 111 Å². The molecule has 1 aliphatic rings. The van der Waals surface area contributed by atoms with Gasteiger partial charge in [-0.1, -0.05) is 24.3 Å². The Morgan fingerprint density at radius 1 is 1.06 bits per heavy atom. The molecule has 2 heterocycles. The minimum absolute atomic E-state index is 0.438. The van der Waals surface area contributed by atoms with Gasteiger partial charge in [0, 0.05) is 18.0 Å². The number of rotatable bonds is 2. The summed E-state index contributed by atoms with van der Waals surface area (Å²) in [5.74, 6) is 0. The minimum atomic E-state index is -3.33. The molecule has 5 heteroatoms. The zero-order valence-electron chi connectivity index (χ0n) is 9.96. The molecule has 0 unspecified atom stereocenters. The maximum Gasteiger partial charge on any atom is 0.253 e. The molecule has 1 aromatic heterocycles. The number of sulfonamides is 1. The van der Waals surface area contributed by atoms with Crippen molar-refractivity contribution in [2.45, 2.75) is 24.2 Å². The number of fused-ring (bicyclic) bond motifs is 1. The maximum atomic E-state index is 12.5. The van der Waals surface area contributed by atoms with Crippen LogP contribution in [0.1, 0.15) is 16.0 Å². The van der Waals surface area contributed by atoms with Crippen LogP contribution in [0.2, 0.25) is 0 Å². The van der Waals surface area contributed by atoms with Crippen LogP contribution in [0.3, 0.4) is 0 Å². The predicted octanol–water partition coefficient (Wildman–Crippen LogP) is 2.76. The molecule has 0 spiro atoms. The molecule has 0 saturated carbocycles. The Morgan fingerprint density at radius 3 is 2.17 bits per heavy atom. The molecule has 3 rings (SSSR count). The quantitative estimate of drug-likeness (QED) is 0.847. The van der Waals surface area contributed by atoms with Crippen molar-refractivity contribution in [2.75, 3.05) is 0 Å². The molecule has 0 N–H and O–H groups in total. The normalized spacial score (nSPS) is 15.8. The first-order valence-corrected chi connectivity index (χ1v) is 7.96. The third-order valence-electron chi connectivity index (χ3n) is 3.12. The molecule has 3 nitrogen and oxygen atoms in total. The van der Waals surface area contributed by atoms with Gasteiger partial charge in [-0.05, 0) is 30.2 Å². The summed E-state index contributed by atoms with van der Waals surface area (Å²) in [6, 6.07) is 11.4. The summed E-state index contributed by atoms with van der Waals surface area (Å²) >= 11 is 1.33. The highest BCUT2D eigenvalue weighted by atomic mass is 32.2. The van der Waals surface area contributed by atoms with Gasteiger partial charge in [0.05, 0.1) is 0 Å². The van der Waals surface area contributed by atoms with E-state index in [4.69, 9.17) is 0 Å². The molecular formula is C13H13NO2S2. The Morgan fingerprint density at radius 2 is 1.67 bits per heavy atom. The zero-order chi connectivity index (χ0) is 12.8. The molecule has 1 aliphatic heterocycles. The van der Waals surface area contributed by atoms with Gasteiger partial charge in [0.1, 0.15) is 4.21 Å². The fraction of sp³-hybridized carbons (Fsp3) is 0.231. The van der Waals surface area contributed by atoms with E-state index in [2.05, 4.69) is 0 Å². The predicted molar refractivity (Wildman–Crippen MR) is 71.9 cm³/mol. The van der Waals surface area contributed by atoms with Gasteiger partial charge in [0.25, 0.3) is 10.0 Å². The van der Waals surface area contributed by atoms with Gasteiger partial charge in [-0.25, -0.2) is 8.42 Å². The lowest BCUT2D eigenvalue weighted by Gasteiger charge is -2.13. The third kappa shape index (κ3) is 1.88. The molecule has 0 saturated heterocycles. The van der Waals surface area contributed by atoms with Crippen LogP contribution in [0.5, 0.6) is 0 Å². The molecule has 0 radical (unpaired) electrons. The summed E-state index contributed by atoms with van der Waals surface area (Å²) in [5.41, 5.74) is 2.21. The lowest BCUT2D eigenvalue weighted by atomic mass is 10.1. The van der Waals surface area contributed by atoms with Crippen molar-refractivity contribution >= 4 is 21.4 Å². The molecule has 18 heavy (non-hydrogen) atoms. The lowest BCUT2D eigenvalue weighted by Crippen LogP contribution is -2.24. The minimum Gasteiger partial charge on any atom is -0.206 e. The third-order valence-corrected chi connectivity index (χ3v) is 6.38. The van der Waals surface area contributed by atoms with Crippen molar-refractivity contribution in [1.82, 2.24) is 4.31 Å². The van der Waals surface area contributed by atoms with E-state index >= 15 is 0 Å². The number of aryl methyl sites for hydroxylation is 1. The second-order valence-electron chi connectivity index (χ2n) is 4.41. The van der Waals surface area contributed by atoms with Gasteiger partial charge in [0.15, 0.2) is 0 Å². The van der Waals surface area contributed by atoms with Crippen LogP contribution in [0.25, 0.3) is 0 Å². The fourth-order valence-electron chi connectivity index (χ4n) is 2.15. The summed E-state index contributed by atoms with van der Waals surface area (Å²) in [6.07, 6.45) is 0. The molecule has 0 fully saturated rings. The van der Waals surface area contributed by atoms with Crippen LogP contribution in [0, 0.1) is 6.92 Å². The van der Waals surface area contributed by atoms with E-state index in [0.717, 1.165) is 16.0 Å². The smallest absolute Gasteiger partial charge is 0.206 e. The van der Waals surface area contributed by atoms with E-state index < -0.39 is 10.0 Å². The van der Waals surface area contributed by atoms with Gasteiger partial charge in [-0.2, -0.15) is 4.31 Å². The number of hydrogen-bond donors (Lipinski definition) is 0. The summed E-state index contributed by atoms with van der Waals surface area (Å²) < 4.78 is 26.9. The van der Waals surface area contributed by atoms with E-state index in [1.165, 1.54) is 11.3 Å². The van der Waals surface area contributed by atoms with Crippen molar-refractivity contribution in [1.29, 1.82) is 0 Å². The second-order valence-corrected chi connectivity index (χ2v) is 7.86. The molecule has 0 atom stereocenters. The lowest BCUT2D eigenvalue weighted by molar-refractivity contribution is 0.433. The molecule has 0 amide bonds. The van der Waals surface area contributed by atoms with Crippen LogP contribution in [0.15, 0.2) is 40.6 Å². The van der Waals surface area contributed by atoms with E-state index in [9.17, 15) is 8.42 Å². The van der Waals surface area contributed by atoms with Gasteiger partial charge in [-0.15, -0.1) is 11.3 Å². The summed E-state index contributed by atoms with van der Waals surface area (Å²) in [6.45, 7) is 2.88. The Bertz CT molecular complexity index is 664. The van der Waals surface area contributed by atoms with Crippen LogP contribution in [0.4, 0.5) is 0 Å². The van der Waals surface area contributed by atoms with E-state index in [0.29, 0.717) is 17.3 Å². The van der Waals surface area contributed by atoms with Crippen molar-refractivity contribution in [3.8, 4) is 0 Å². The number of benzene rings is 1. The number of thiophene rings is 1. The van der Waals surface area contributed by atoms with Crippen molar-refractivity contribution in [3.05, 3.63) is 52.4 Å². The van der Waals surface area contributed by atoms with Crippen LogP contribution in [-0.2, 0) is 23.1 Å². The average Bonchev–Trinajstić information content (AvgIpc) is 2.94. The number of nitrogens with zero attached hydrogens (tertiary/aromatic N) is 1. The second kappa shape index (κ2) is 4.19. The first-order valence-electron chi connectivity index (χ1n) is 5.71. The molecular weight excluding hydrogens is 266 g/mol. The van der Waals surface area contributed by atoms with Crippen LogP contribution in [-0.4, -0.2) is 12.7 Å². The largest absolute Gasteiger partial charge is 0.253 e. The Hall–Kier alpha value is -1.17. The topological polar surface area (TPSA) is 37.4 Å². The monoisotopic (exact) mass is 279 g/mol. The first kappa shape index (κ1) is 11.9. The Kier molecular flexibility index (Phi) is 2.77. The van der Waals surface area contributed by atoms with Crippen molar-refractivity contribution in [3.63, 3.8) is 0 Å². The fourth-order valence-corrected chi connectivity index (χ4v) is 4.98. The molecule has 1 aromatic carbocycles. The highest BCUT2D eigenvalue weighted by Gasteiger charge is 2.31. The molecule has 94 valence electrons. The van der Waals surface area contributed by atoms with Gasteiger partial charge in [0.2, 0.25) is 0 Å². The molecule has 0 bridgehead atoms. The standard InChI is InChI=1S/C13H13NO2S2/c1-10-6-7-13(17-10)18(15,16)14-8-11-4-2-3-5-12(11)9-14/h2-7H,8-9H2,1H3. The van der Waals surface area contributed by atoms with Crippen molar-refractivity contribution in [2.24, 2.45) is 0 Å². The van der Waals surface area contributed by atoms with E-state index in [1.54, 1.807) is 10.4 Å². The summed E-state index contributed by atoms with van der Waals surface area (Å²) in [7, 11) is -3.33. The molecule has 0 aliphatic carbocycles. The van der Waals surface area contributed by atoms with E-state index in [-0.39, 0.29) is 0 Å². The van der Waals surface area contributed by atoms with Crippen LogP contribution < -0.4 is 0 Å². The SMILES string of the molecule is Cc1ccc(S(=O)(=O)N2Cc3ccccc3C2)s1.